The van der Waals surface area contributed by atoms with Crippen molar-refractivity contribution in [1.29, 1.82) is 0 Å². The van der Waals surface area contributed by atoms with Crippen LogP contribution in [-0.4, -0.2) is 58.6 Å². The molecule has 1 saturated heterocycles. The second kappa shape index (κ2) is 11.4. The fourth-order valence-corrected chi connectivity index (χ4v) is 4.57. The number of imidazole rings is 1. The number of piperazine rings is 1. The summed E-state index contributed by atoms with van der Waals surface area (Å²) in [7, 11) is 2.15. The Morgan fingerprint density at radius 3 is 2.68 bits per heavy atom. The number of hydrogen-bond donors (Lipinski definition) is 2. The predicted molar refractivity (Wildman–Crippen MR) is 147 cm³/mol. The molecule has 1 amide bonds. The molecule has 7 nitrogen and oxygen atoms in total. The number of nitrogens with zero attached hydrogens (tertiary/aromatic N) is 4. The molecule has 37 heavy (non-hydrogen) atoms. The highest BCUT2D eigenvalue weighted by Crippen LogP contribution is 2.25. The van der Waals surface area contributed by atoms with Gasteiger partial charge in [0, 0.05) is 49.2 Å². The molecule has 3 heterocycles. The number of rotatable bonds is 2. The monoisotopic (exact) mass is 492 g/mol. The molecule has 7 heteroatoms. The molecule has 2 aromatic heterocycles. The molecule has 1 aliphatic carbocycles. The van der Waals surface area contributed by atoms with Crippen molar-refractivity contribution in [3.63, 3.8) is 0 Å². The number of likely N-dealkylation sites (N-methyl/N-ethyl adjacent to an activating group) is 1. The van der Waals surface area contributed by atoms with E-state index < -0.39 is 0 Å². The number of aryl methyl sites for hydroxylation is 3. The van der Waals surface area contributed by atoms with E-state index in [1.165, 1.54) is 30.6 Å². The van der Waals surface area contributed by atoms with E-state index in [-0.39, 0.29) is 5.91 Å². The van der Waals surface area contributed by atoms with Crippen LogP contribution in [0.25, 0.3) is 5.65 Å². The van der Waals surface area contributed by atoms with Gasteiger partial charge in [-0.2, -0.15) is 5.10 Å². The van der Waals surface area contributed by atoms with E-state index in [1.54, 1.807) is 16.9 Å². The number of anilines is 1. The standard InChI is InChI=1S/C25H20N4O.C5H12N2/c1-17-7-8-21(25(30)28-22-11-9-18-4-2-5-20(18)15-22)14-19(17)10-12-23-16-26-24-6-3-13-27-29(23)24;1-7-4-2-6-3-5-7/h3,6-9,11,13-16H,2,4-5H2,1H3,(H,28,30);6H,2-5H2,1H3. The lowest BCUT2D eigenvalue weighted by Crippen LogP contribution is -2.40. The van der Waals surface area contributed by atoms with Crippen molar-refractivity contribution in [2.45, 2.75) is 26.2 Å². The molecule has 2 N–H and O–H groups in total. The van der Waals surface area contributed by atoms with Crippen LogP contribution in [0.2, 0.25) is 0 Å². The Labute approximate surface area is 217 Å². The first kappa shape index (κ1) is 24.7. The van der Waals surface area contributed by atoms with Crippen molar-refractivity contribution < 1.29 is 4.79 Å². The quantitative estimate of drug-likeness (QED) is 0.418. The maximum Gasteiger partial charge on any atom is 0.255 e. The van der Waals surface area contributed by atoms with Gasteiger partial charge in [-0.25, -0.2) is 9.50 Å². The maximum atomic E-state index is 12.8. The number of hydrogen-bond acceptors (Lipinski definition) is 5. The lowest BCUT2D eigenvalue weighted by atomic mass is 10.0. The van der Waals surface area contributed by atoms with Crippen molar-refractivity contribution >= 4 is 17.2 Å². The average Bonchev–Trinajstić information content (AvgIpc) is 3.56. The molecule has 0 unspecified atom stereocenters. The number of nitrogens with one attached hydrogen (secondary N) is 2. The van der Waals surface area contributed by atoms with E-state index in [0.717, 1.165) is 48.4 Å². The first-order valence-corrected chi connectivity index (χ1v) is 12.8. The van der Waals surface area contributed by atoms with Gasteiger partial charge in [0.1, 0.15) is 5.69 Å². The average molecular weight is 493 g/mol. The molecule has 0 saturated carbocycles. The molecule has 0 radical (unpaired) electrons. The summed E-state index contributed by atoms with van der Waals surface area (Å²) < 4.78 is 1.70. The maximum absolute atomic E-state index is 12.8. The largest absolute Gasteiger partial charge is 0.322 e. The van der Waals surface area contributed by atoms with Gasteiger partial charge in [0.15, 0.2) is 5.65 Å². The van der Waals surface area contributed by atoms with E-state index in [4.69, 9.17) is 0 Å². The highest BCUT2D eigenvalue weighted by atomic mass is 16.1. The first-order chi connectivity index (χ1) is 18.1. The molecule has 1 fully saturated rings. The molecule has 0 atom stereocenters. The van der Waals surface area contributed by atoms with Crippen LogP contribution in [0.3, 0.4) is 0 Å². The van der Waals surface area contributed by atoms with Crippen molar-refractivity contribution in [3.8, 4) is 11.8 Å². The fraction of sp³-hybridized carbons (Fsp3) is 0.300. The second-order valence-corrected chi connectivity index (χ2v) is 9.56. The number of fused-ring (bicyclic) bond motifs is 2. The van der Waals surface area contributed by atoms with E-state index in [9.17, 15) is 4.79 Å². The van der Waals surface area contributed by atoms with Crippen LogP contribution in [0.1, 0.15) is 44.7 Å². The number of amides is 1. The Balaban J connectivity index is 0.000000348. The molecular formula is C30H32N6O. The third-order valence-corrected chi connectivity index (χ3v) is 6.80. The van der Waals surface area contributed by atoms with Crippen LogP contribution in [0, 0.1) is 18.8 Å². The molecule has 6 rings (SSSR count). The molecule has 0 bridgehead atoms. The van der Waals surface area contributed by atoms with Gasteiger partial charge < -0.3 is 15.5 Å². The van der Waals surface area contributed by atoms with Gasteiger partial charge in [0.25, 0.3) is 5.91 Å². The number of carbonyl (C=O) groups is 1. The summed E-state index contributed by atoms with van der Waals surface area (Å²) in [5.41, 5.74) is 7.43. The van der Waals surface area contributed by atoms with Gasteiger partial charge in [-0.1, -0.05) is 18.1 Å². The summed E-state index contributed by atoms with van der Waals surface area (Å²) in [5.74, 6) is 6.16. The highest BCUT2D eigenvalue weighted by molar-refractivity contribution is 6.04. The SMILES string of the molecule is CN1CCNCC1.Cc1ccc(C(=O)Nc2ccc3c(c2)CCC3)cc1C#Cc1cnc2cccnn12. The van der Waals surface area contributed by atoms with Gasteiger partial charge >= 0.3 is 0 Å². The number of carbonyl (C=O) groups excluding carboxylic acids is 1. The molecule has 2 aliphatic rings. The van der Waals surface area contributed by atoms with Crippen LogP contribution in [0.5, 0.6) is 0 Å². The van der Waals surface area contributed by atoms with Crippen LogP contribution in [0.4, 0.5) is 5.69 Å². The summed E-state index contributed by atoms with van der Waals surface area (Å²) in [4.78, 5) is 19.4. The van der Waals surface area contributed by atoms with Crippen molar-refractivity contribution in [2.75, 3.05) is 38.5 Å². The molecule has 0 spiro atoms. The van der Waals surface area contributed by atoms with E-state index in [1.807, 2.05) is 43.3 Å². The molecule has 1 aliphatic heterocycles. The molecule has 2 aromatic carbocycles. The van der Waals surface area contributed by atoms with Gasteiger partial charge in [0.2, 0.25) is 0 Å². The van der Waals surface area contributed by atoms with E-state index in [2.05, 4.69) is 56.6 Å². The number of aromatic nitrogens is 3. The van der Waals surface area contributed by atoms with Crippen LogP contribution >= 0.6 is 0 Å². The van der Waals surface area contributed by atoms with Gasteiger partial charge in [-0.15, -0.1) is 0 Å². The van der Waals surface area contributed by atoms with E-state index >= 15 is 0 Å². The second-order valence-electron chi connectivity index (χ2n) is 9.56. The summed E-state index contributed by atoms with van der Waals surface area (Å²) >= 11 is 0. The lowest BCUT2D eigenvalue weighted by molar-refractivity contribution is 0.102. The Kier molecular flexibility index (Phi) is 7.59. The Morgan fingerprint density at radius 1 is 1.03 bits per heavy atom. The topological polar surface area (TPSA) is 74.6 Å². The van der Waals surface area contributed by atoms with Gasteiger partial charge in [-0.3, -0.25) is 4.79 Å². The zero-order valence-electron chi connectivity index (χ0n) is 21.4. The Bertz CT molecular complexity index is 1470. The molecular weight excluding hydrogens is 460 g/mol. The van der Waals surface area contributed by atoms with Crippen molar-refractivity contribution in [1.82, 2.24) is 24.8 Å². The van der Waals surface area contributed by atoms with Gasteiger partial charge in [-0.05, 0) is 92.2 Å². The van der Waals surface area contributed by atoms with Crippen molar-refractivity contribution in [2.24, 2.45) is 0 Å². The van der Waals surface area contributed by atoms with Gasteiger partial charge in [0.05, 0.1) is 6.20 Å². The fourth-order valence-electron chi connectivity index (χ4n) is 4.57. The van der Waals surface area contributed by atoms with Crippen molar-refractivity contribution in [3.05, 3.63) is 94.4 Å². The third kappa shape index (κ3) is 6.05. The normalized spacial score (nSPS) is 14.8. The zero-order chi connectivity index (χ0) is 25.6. The summed E-state index contributed by atoms with van der Waals surface area (Å²) in [6.07, 6.45) is 6.81. The third-order valence-electron chi connectivity index (χ3n) is 6.80. The Hall–Kier alpha value is -3.99. The smallest absolute Gasteiger partial charge is 0.255 e. The minimum absolute atomic E-state index is 0.132. The summed E-state index contributed by atoms with van der Waals surface area (Å²) in [6.45, 7) is 6.73. The summed E-state index contributed by atoms with van der Waals surface area (Å²) in [6, 6.07) is 15.5. The summed E-state index contributed by atoms with van der Waals surface area (Å²) in [5, 5.41) is 10.6. The predicted octanol–water partition coefficient (Wildman–Crippen LogP) is 3.70. The van der Waals surface area contributed by atoms with E-state index in [0.29, 0.717) is 11.3 Å². The van der Waals surface area contributed by atoms with Crippen LogP contribution in [-0.2, 0) is 12.8 Å². The molecule has 188 valence electrons. The highest BCUT2D eigenvalue weighted by Gasteiger charge is 2.13. The first-order valence-electron chi connectivity index (χ1n) is 12.8. The van der Waals surface area contributed by atoms with Crippen LogP contribution in [0.15, 0.2) is 60.9 Å². The van der Waals surface area contributed by atoms with Crippen LogP contribution < -0.4 is 10.6 Å². The minimum atomic E-state index is -0.132. The zero-order valence-corrected chi connectivity index (χ0v) is 21.4. The lowest BCUT2D eigenvalue weighted by Gasteiger charge is -2.21. The minimum Gasteiger partial charge on any atom is -0.322 e. The molecule has 4 aromatic rings. The number of benzene rings is 2. The Morgan fingerprint density at radius 2 is 1.86 bits per heavy atom.